The quantitative estimate of drug-likeness (QED) is 0.521. The van der Waals surface area contributed by atoms with Gasteiger partial charge in [0.1, 0.15) is 5.54 Å². The molecule has 0 heterocycles. The topological polar surface area (TPSA) is 57.5 Å². The number of hydrogen-bond donors (Lipinski definition) is 1. The number of hydrogen-bond acceptors (Lipinski definition) is 5. The van der Waals surface area contributed by atoms with E-state index in [0.29, 0.717) is 19.8 Å². The first kappa shape index (κ1) is 19.3. The molecule has 20 heavy (non-hydrogen) atoms. The monoisotopic (exact) mass is 285 g/mol. The number of ether oxygens (including phenoxy) is 2. The molecule has 1 N–H and O–H groups in total. The molecule has 0 amide bonds. The van der Waals surface area contributed by atoms with E-state index >= 15 is 0 Å². The van der Waals surface area contributed by atoms with Crippen LogP contribution in [0.15, 0.2) is 0 Å². The Kier molecular flexibility index (Phi) is 11.7. The van der Waals surface area contributed by atoms with Gasteiger partial charge >= 0.3 is 0 Å². The van der Waals surface area contributed by atoms with Gasteiger partial charge in [-0.15, -0.1) is 0 Å². The maximum Gasteiger partial charge on any atom is 0.116 e. The summed E-state index contributed by atoms with van der Waals surface area (Å²) >= 11 is 0. The normalized spacial score (nSPS) is 14.2. The Hall–Kier alpha value is -0.670. The first-order valence-corrected chi connectivity index (χ1v) is 7.66. The van der Waals surface area contributed by atoms with Crippen LogP contribution in [0.2, 0.25) is 0 Å². The Morgan fingerprint density at radius 2 is 1.65 bits per heavy atom. The molecular formula is C15H31N3O2. The average molecular weight is 285 g/mol. The van der Waals surface area contributed by atoms with Crippen LogP contribution in [-0.4, -0.2) is 63.0 Å². The van der Waals surface area contributed by atoms with Crippen LogP contribution in [0.1, 0.15) is 34.1 Å². The fraction of sp³-hybridized carbons (Fsp3) is 0.933. The van der Waals surface area contributed by atoms with Gasteiger partial charge < -0.3 is 9.47 Å². The summed E-state index contributed by atoms with van der Waals surface area (Å²) in [6.07, 6.45) is 1.02. The van der Waals surface area contributed by atoms with Crippen LogP contribution in [0, 0.1) is 11.3 Å². The maximum absolute atomic E-state index is 9.40. The predicted molar refractivity (Wildman–Crippen MR) is 81.7 cm³/mol. The fourth-order valence-corrected chi connectivity index (χ4v) is 1.92. The molecule has 5 heteroatoms. The fourth-order valence-electron chi connectivity index (χ4n) is 1.92. The average Bonchev–Trinajstić information content (AvgIpc) is 2.45. The van der Waals surface area contributed by atoms with Gasteiger partial charge in [0.15, 0.2) is 0 Å². The van der Waals surface area contributed by atoms with Gasteiger partial charge in [-0.3, -0.25) is 10.2 Å². The first-order valence-electron chi connectivity index (χ1n) is 7.66. The zero-order chi connectivity index (χ0) is 15.3. The highest BCUT2D eigenvalue weighted by Crippen LogP contribution is 2.06. The molecule has 0 radical (unpaired) electrons. The van der Waals surface area contributed by atoms with Crippen molar-refractivity contribution in [2.24, 2.45) is 0 Å². The molecule has 0 saturated heterocycles. The summed E-state index contributed by atoms with van der Waals surface area (Å²) < 4.78 is 10.8. The molecule has 0 rings (SSSR count). The van der Waals surface area contributed by atoms with Crippen molar-refractivity contribution in [3.63, 3.8) is 0 Å². The lowest BCUT2D eigenvalue weighted by atomic mass is 10.0. The summed E-state index contributed by atoms with van der Waals surface area (Å²) in [6, 6.07) is 2.39. The number of nitriles is 1. The van der Waals surface area contributed by atoms with Gasteiger partial charge in [0.05, 0.1) is 19.3 Å². The van der Waals surface area contributed by atoms with Gasteiger partial charge in [-0.1, -0.05) is 6.92 Å². The third-order valence-corrected chi connectivity index (χ3v) is 3.06. The lowest BCUT2D eigenvalue weighted by Gasteiger charge is -2.31. The molecular weight excluding hydrogens is 254 g/mol. The highest BCUT2D eigenvalue weighted by atomic mass is 16.5. The highest BCUT2D eigenvalue weighted by molar-refractivity contribution is 5.05. The first-order chi connectivity index (χ1) is 9.61. The molecule has 0 aliphatic carbocycles. The molecule has 0 aromatic carbocycles. The van der Waals surface area contributed by atoms with E-state index in [0.717, 1.165) is 39.3 Å². The van der Waals surface area contributed by atoms with E-state index < -0.39 is 5.54 Å². The zero-order valence-corrected chi connectivity index (χ0v) is 13.6. The SMILES string of the molecule is CCCNC(C)(C#N)CN(CCOCC)CCOCC. The zero-order valence-electron chi connectivity index (χ0n) is 13.6. The Bertz CT molecular complexity index is 258. The van der Waals surface area contributed by atoms with Crippen molar-refractivity contribution < 1.29 is 9.47 Å². The second-order valence-corrected chi connectivity index (χ2v) is 5.04. The Balaban J connectivity index is 4.37. The molecule has 0 aliphatic heterocycles. The maximum atomic E-state index is 9.40. The van der Waals surface area contributed by atoms with Crippen LogP contribution < -0.4 is 5.32 Å². The van der Waals surface area contributed by atoms with Gasteiger partial charge in [-0.05, 0) is 33.7 Å². The smallest absolute Gasteiger partial charge is 0.116 e. The van der Waals surface area contributed by atoms with E-state index in [9.17, 15) is 5.26 Å². The van der Waals surface area contributed by atoms with Gasteiger partial charge in [0.25, 0.3) is 0 Å². The molecule has 118 valence electrons. The van der Waals surface area contributed by atoms with Crippen molar-refractivity contribution in [1.29, 1.82) is 5.26 Å². The van der Waals surface area contributed by atoms with Crippen molar-refractivity contribution in [3.05, 3.63) is 0 Å². The molecule has 0 fully saturated rings. The number of rotatable bonds is 13. The Labute approximate surface area is 124 Å². The van der Waals surface area contributed by atoms with Crippen molar-refractivity contribution in [2.45, 2.75) is 39.7 Å². The third-order valence-electron chi connectivity index (χ3n) is 3.06. The van der Waals surface area contributed by atoms with E-state index in [1.54, 1.807) is 0 Å². The minimum Gasteiger partial charge on any atom is -0.380 e. The van der Waals surface area contributed by atoms with Crippen LogP contribution >= 0.6 is 0 Å². The van der Waals surface area contributed by atoms with Gasteiger partial charge in [0, 0.05) is 32.8 Å². The predicted octanol–water partition coefficient (Wildman–Crippen LogP) is 1.64. The highest BCUT2D eigenvalue weighted by Gasteiger charge is 2.25. The van der Waals surface area contributed by atoms with Crippen molar-refractivity contribution in [3.8, 4) is 6.07 Å². The third kappa shape index (κ3) is 9.27. The van der Waals surface area contributed by atoms with Gasteiger partial charge in [0.2, 0.25) is 0 Å². The van der Waals surface area contributed by atoms with E-state index in [-0.39, 0.29) is 0 Å². The Morgan fingerprint density at radius 3 is 2.05 bits per heavy atom. The van der Waals surface area contributed by atoms with Crippen LogP contribution in [0.3, 0.4) is 0 Å². The van der Waals surface area contributed by atoms with E-state index in [1.807, 2.05) is 20.8 Å². The summed E-state index contributed by atoms with van der Waals surface area (Å²) in [5.41, 5.74) is -0.519. The van der Waals surface area contributed by atoms with Gasteiger partial charge in [-0.25, -0.2) is 0 Å². The van der Waals surface area contributed by atoms with Crippen molar-refractivity contribution in [1.82, 2.24) is 10.2 Å². The van der Waals surface area contributed by atoms with E-state index in [2.05, 4.69) is 23.2 Å². The van der Waals surface area contributed by atoms with Crippen LogP contribution in [-0.2, 0) is 9.47 Å². The van der Waals surface area contributed by atoms with Crippen LogP contribution in [0.4, 0.5) is 0 Å². The lowest BCUT2D eigenvalue weighted by Crippen LogP contribution is -2.51. The molecule has 1 unspecified atom stereocenters. The van der Waals surface area contributed by atoms with Crippen molar-refractivity contribution in [2.75, 3.05) is 52.6 Å². The van der Waals surface area contributed by atoms with Crippen LogP contribution in [0.25, 0.3) is 0 Å². The number of nitrogens with one attached hydrogen (secondary N) is 1. The molecule has 1 atom stereocenters. The summed E-state index contributed by atoms with van der Waals surface area (Å²) in [7, 11) is 0. The summed E-state index contributed by atoms with van der Waals surface area (Å²) in [5, 5.41) is 12.7. The van der Waals surface area contributed by atoms with Gasteiger partial charge in [-0.2, -0.15) is 5.26 Å². The minimum atomic E-state index is -0.519. The molecule has 0 aromatic heterocycles. The molecule has 0 spiro atoms. The molecule has 0 saturated carbocycles. The summed E-state index contributed by atoms with van der Waals surface area (Å²) in [4.78, 5) is 2.23. The molecule has 5 nitrogen and oxygen atoms in total. The lowest BCUT2D eigenvalue weighted by molar-refractivity contribution is 0.0748. The second-order valence-electron chi connectivity index (χ2n) is 5.04. The minimum absolute atomic E-state index is 0.519. The Morgan fingerprint density at radius 1 is 1.10 bits per heavy atom. The molecule has 0 aromatic rings. The summed E-state index contributed by atoms with van der Waals surface area (Å²) in [5.74, 6) is 0. The van der Waals surface area contributed by atoms with E-state index in [4.69, 9.17) is 9.47 Å². The molecule has 0 aliphatic rings. The molecule has 0 bridgehead atoms. The largest absolute Gasteiger partial charge is 0.380 e. The standard InChI is InChI=1S/C15H31N3O2/c1-5-8-17-15(4,13-16)14-18(9-11-19-6-2)10-12-20-7-3/h17H,5-12,14H2,1-4H3. The summed E-state index contributed by atoms with van der Waals surface area (Å²) in [6.45, 7) is 14.1. The van der Waals surface area contributed by atoms with Crippen molar-refractivity contribution >= 4 is 0 Å². The van der Waals surface area contributed by atoms with Crippen LogP contribution in [0.5, 0.6) is 0 Å². The van der Waals surface area contributed by atoms with E-state index in [1.165, 1.54) is 0 Å². The second kappa shape index (κ2) is 12.1. The number of nitrogens with zero attached hydrogens (tertiary/aromatic N) is 2.